The highest BCUT2D eigenvalue weighted by Gasteiger charge is 2.38. The zero-order valence-corrected chi connectivity index (χ0v) is 29.7. The Kier molecular flexibility index (Phi) is 12.2. The Morgan fingerprint density at radius 2 is 1.76 bits per heavy atom. The number of benzene rings is 2. The molecule has 0 spiro atoms. The maximum absolute atomic E-state index is 14.0. The molecule has 2 unspecified atom stereocenters. The lowest BCUT2D eigenvalue weighted by molar-refractivity contribution is -0.151. The van der Waals surface area contributed by atoms with Crippen LogP contribution in [-0.4, -0.2) is 91.0 Å². The third-order valence-electron chi connectivity index (χ3n) is 8.71. The molecule has 268 valence electrons. The van der Waals surface area contributed by atoms with Gasteiger partial charge in [-0.25, -0.2) is 4.79 Å². The molecule has 6 rings (SSSR count). The van der Waals surface area contributed by atoms with Gasteiger partial charge in [-0.15, -0.1) is 11.8 Å². The molecule has 2 saturated heterocycles. The minimum absolute atomic E-state index is 0.0394. The summed E-state index contributed by atoms with van der Waals surface area (Å²) in [7, 11) is 1.59. The molecule has 1 saturated carbocycles. The van der Waals surface area contributed by atoms with Gasteiger partial charge < -0.3 is 28.6 Å². The van der Waals surface area contributed by atoms with E-state index in [1.165, 1.54) is 47.3 Å². The molecule has 0 N–H and O–H groups in total. The highest BCUT2D eigenvalue weighted by Crippen LogP contribution is 2.39. The molecule has 3 aliphatic rings. The molecular weight excluding hydrogens is 715 g/mol. The zero-order chi connectivity index (χ0) is 35.2. The second-order valence-electron chi connectivity index (χ2n) is 12.2. The van der Waals surface area contributed by atoms with Gasteiger partial charge >= 0.3 is 12.6 Å². The van der Waals surface area contributed by atoms with Crippen LogP contribution in [0.3, 0.4) is 0 Å². The van der Waals surface area contributed by atoms with Crippen molar-refractivity contribution in [3.63, 3.8) is 0 Å². The molecule has 15 heteroatoms. The fourth-order valence-corrected chi connectivity index (χ4v) is 7.46. The number of rotatable bonds is 14. The lowest BCUT2D eigenvalue weighted by atomic mass is 10.0. The van der Waals surface area contributed by atoms with E-state index < -0.39 is 24.1 Å². The summed E-state index contributed by atoms with van der Waals surface area (Å²) >= 11 is 14.2. The van der Waals surface area contributed by atoms with Gasteiger partial charge in [0.2, 0.25) is 0 Å². The molecule has 1 amide bonds. The molecule has 0 bridgehead atoms. The fraction of sp³-hybridized carbons (Fsp3) is 0.457. The summed E-state index contributed by atoms with van der Waals surface area (Å²) in [5.74, 6) is 0.527. The summed E-state index contributed by atoms with van der Waals surface area (Å²) in [5.41, 5.74) is 2.20. The largest absolute Gasteiger partial charge is 0.496 e. The Morgan fingerprint density at radius 1 is 1.02 bits per heavy atom. The predicted octanol–water partition coefficient (Wildman–Crippen LogP) is 6.66. The lowest BCUT2D eigenvalue weighted by Crippen LogP contribution is -2.41. The summed E-state index contributed by atoms with van der Waals surface area (Å²) in [4.78, 5) is 35.7. The number of esters is 1. The molecule has 3 heterocycles. The molecule has 2 atom stereocenters. The van der Waals surface area contributed by atoms with Crippen molar-refractivity contribution in [3.05, 3.63) is 81.1 Å². The van der Waals surface area contributed by atoms with Crippen LogP contribution in [0.25, 0.3) is 0 Å². The second kappa shape index (κ2) is 16.8. The minimum Gasteiger partial charge on any atom is -0.496 e. The van der Waals surface area contributed by atoms with Crippen molar-refractivity contribution < 1.29 is 42.1 Å². The van der Waals surface area contributed by atoms with E-state index >= 15 is 0 Å². The Labute approximate surface area is 303 Å². The number of hydrogen-bond acceptors (Lipinski definition) is 10. The van der Waals surface area contributed by atoms with E-state index in [1.54, 1.807) is 19.2 Å². The summed E-state index contributed by atoms with van der Waals surface area (Å²) in [6.45, 7) is 1.01. The Hall–Kier alpha value is -3.36. The number of aromatic nitrogens is 1. The van der Waals surface area contributed by atoms with Crippen LogP contribution in [0.15, 0.2) is 48.8 Å². The topological polar surface area (TPSA) is 99.7 Å². The SMILES string of the molecule is COc1ccc(C(=O)N2CCSC2C(=O)OC(Cc2c(Cl)cncc2Cl)c2ccc(OC(F)F)c(OCC3CC3)c2)cc1CN1CCOCC1. The number of morpholine rings is 1. The molecule has 2 aromatic carbocycles. The van der Waals surface area contributed by atoms with E-state index in [4.69, 9.17) is 46.9 Å². The van der Waals surface area contributed by atoms with Gasteiger partial charge in [0, 0.05) is 61.9 Å². The highest BCUT2D eigenvalue weighted by atomic mass is 35.5. The quantitative estimate of drug-likeness (QED) is 0.166. The molecule has 3 fully saturated rings. The third kappa shape index (κ3) is 9.10. The molecule has 2 aliphatic heterocycles. The smallest absolute Gasteiger partial charge is 0.387 e. The normalized spacial score (nSPS) is 18.6. The number of thioether (sulfide) groups is 1. The van der Waals surface area contributed by atoms with Crippen molar-refractivity contribution in [2.75, 3.05) is 52.3 Å². The maximum atomic E-state index is 14.0. The number of nitrogens with zero attached hydrogens (tertiary/aromatic N) is 3. The van der Waals surface area contributed by atoms with E-state index in [9.17, 15) is 18.4 Å². The van der Waals surface area contributed by atoms with E-state index in [1.807, 2.05) is 6.07 Å². The lowest BCUT2D eigenvalue weighted by Gasteiger charge is -2.28. The van der Waals surface area contributed by atoms with Crippen LogP contribution >= 0.6 is 35.0 Å². The third-order valence-corrected chi connectivity index (χ3v) is 10.5. The number of carbonyl (C=O) groups is 2. The maximum Gasteiger partial charge on any atom is 0.387 e. The number of amides is 1. The molecule has 1 aliphatic carbocycles. The second-order valence-corrected chi connectivity index (χ2v) is 14.2. The number of halogens is 4. The summed E-state index contributed by atoms with van der Waals surface area (Å²) < 4.78 is 54.3. The number of carbonyl (C=O) groups excluding carboxylic acids is 2. The van der Waals surface area contributed by atoms with Crippen LogP contribution < -0.4 is 14.2 Å². The number of ether oxygens (including phenoxy) is 5. The first-order valence-corrected chi connectivity index (χ1v) is 18.1. The summed E-state index contributed by atoms with van der Waals surface area (Å²) in [5, 5.41) is -0.410. The Balaban J connectivity index is 1.25. The van der Waals surface area contributed by atoms with Gasteiger partial charge in [0.1, 0.15) is 11.9 Å². The molecule has 3 aromatic rings. The minimum atomic E-state index is -3.06. The van der Waals surface area contributed by atoms with Crippen molar-refractivity contribution in [2.45, 2.75) is 43.9 Å². The van der Waals surface area contributed by atoms with Crippen LogP contribution in [0.5, 0.6) is 17.2 Å². The van der Waals surface area contributed by atoms with E-state index in [2.05, 4.69) is 9.88 Å². The molecule has 1 aromatic heterocycles. The monoisotopic (exact) mass is 751 g/mol. The van der Waals surface area contributed by atoms with E-state index in [-0.39, 0.29) is 33.9 Å². The number of methoxy groups -OCH3 is 1. The fourth-order valence-electron chi connectivity index (χ4n) is 5.84. The van der Waals surface area contributed by atoms with E-state index in [0.717, 1.165) is 31.5 Å². The highest BCUT2D eigenvalue weighted by molar-refractivity contribution is 8.00. The Bertz CT molecular complexity index is 1660. The standard InChI is InChI=1S/C35H37Cl2F2N3O7S/c1-45-28-6-5-23(14-24(28)19-41-8-11-46-12-9-41)32(43)42-10-13-50-33(42)34(44)48-30(16-25-26(36)17-40-18-27(25)37)22-4-7-29(49-35(38)39)31(15-22)47-20-21-2-3-21/h4-7,14-15,17-18,21,30,33,35H,2-3,8-13,16,19-20H2,1H3. The van der Waals surface area contributed by atoms with Gasteiger partial charge in [-0.05, 0) is 60.2 Å². The van der Waals surface area contributed by atoms with Crippen LogP contribution in [0.4, 0.5) is 8.78 Å². The van der Waals surface area contributed by atoms with Gasteiger partial charge in [-0.2, -0.15) is 8.78 Å². The summed E-state index contributed by atoms with van der Waals surface area (Å²) in [6.07, 6.45) is 3.90. The summed E-state index contributed by atoms with van der Waals surface area (Å²) in [6, 6.07) is 9.68. The van der Waals surface area contributed by atoms with Crippen molar-refractivity contribution in [2.24, 2.45) is 5.92 Å². The molecule has 50 heavy (non-hydrogen) atoms. The van der Waals surface area contributed by atoms with Crippen molar-refractivity contribution in [1.29, 1.82) is 0 Å². The van der Waals surface area contributed by atoms with Gasteiger partial charge in [0.05, 0.1) is 37.0 Å². The number of alkyl halides is 2. The van der Waals surface area contributed by atoms with Gasteiger partial charge in [0.15, 0.2) is 16.9 Å². The van der Waals surface area contributed by atoms with Crippen molar-refractivity contribution >= 4 is 46.8 Å². The van der Waals surface area contributed by atoms with Crippen molar-refractivity contribution in [3.8, 4) is 17.2 Å². The first-order valence-electron chi connectivity index (χ1n) is 16.3. The van der Waals surface area contributed by atoms with Crippen LogP contribution in [0.1, 0.15) is 46.0 Å². The molecular formula is C35H37Cl2F2N3O7S. The average Bonchev–Trinajstić information content (AvgIpc) is 3.81. The van der Waals surface area contributed by atoms with Crippen molar-refractivity contribution in [1.82, 2.24) is 14.8 Å². The molecule has 0 radical (unpaired) electrons. The number of hydrogen-bond donors (Lipinski definition) is 0. The predicted molar refractivity (Wildman–Crippen MR) is 184 cm³/mol. The van der Waals surface area contributed by atoms with Gasteiger partial charge in [-0.3, -0.25) is 14.7 Å². The number of pyridine rings is 1. The van der Waals surface area contributed by atoms with Gasteiger partial charge in [-0.1, -0.05) is 29.3 Å². The zero-order valence-electron chi connectivity index (χ0n) is 27.3. The van der Waals surface area contributed by atoms with Crippen LogP contribution in [0, 0.1) is 5.92 Å². The van der Waals surface area contributed by atoms with Crippen LogP contribution in [-0.2, 0) is 27.2 Å². The van der Waals surface area contributed by atoms with E-state index in [0.29, 0.717) is 67.0 Å². The average molecular weight is 753 g/mol. The van der Waals surface area contributed by atoms with Crippen LogP contribution in [0.2, 0.25) is 10.0 Å². The first-order chi connectivity index (χ1) is 24.2. The molecule has 10 nitrogen and oxygen atoms in total. The Morgan fingerprint density at radius 3 is 2.46 bits per heavy atom. The van der Waals surface area contributed by atoms with Gasteiger partial charge in [0.25, 0.3) is 5.91 Å². The first kappa shape index (κ1) is 36.4.